The van der Waals surface area contributed by atoms with Gasteiger partial charge in [0.15, 0.2) is 0 Å². The molecule has 0 bridgehead atoms. The zero-order valence-corrected chi connectivity index (χ0v) is 15.1. The third kappa shape index (κ3) is 3.40. The first kappa shape index (κ1) is 16.8. The normalized spacial score (nSPS) is 30.9. The van der Waals surface area contributed by atoms with Crippen LogP contribution in [0.15, 0.2) is 24.3 Å². The molecule has 3 unspecified atom stereocenters. The second-order valence-electron chi connectivity index (χ2n) is 7.38. The number of amides is 1. The summed E-state index contributed by atoms with van der Waals surface area (Å²) in [5.74, 6) is 0.851. The predicted molar refractivity (Wildman–Crippen MR) is 98.1 cm³/mol. The van der Waals surface area contributed by atoms with Crippen LogP contribution in [0, 0.1) is 5.92 Å². The molecule has 6 nitrogen and oxygen atoms in total. The van der Waals surface area contributed by atoms with Gasteiger partial charge in [-0.2, -0.15) is 0 Å². The van der Waals surface area contributed by atoms with Crippen molar-refractivity contribution in [3.63, 3.8) is 0 Å². The van der Waals surface area contributed by atoms with Gasteiger partial charge in [-0.1, -0.05) is 12.8 Å². The van der Waals surface area contributed by atoms with Crippen molar-refractivity contribution in [3.05, 3.63) is 24.3 Å². The van der Waals surface area contributed by atoms with Crippen molar-refractivity contribution in [3.8, 4) is 0 Å². The van der Waals surface area contributed by atoms with Crippen LogP contribution in [0.1, 0.15) is 38.5 Å². The summed E-state index contributed by atoms with van der Waals surface area (Å²) in [5.41, 5.74) is 1.38. The van der Waals surface area contributed by atoms with Crippen LogP contribution in [0.4, 0.5) is 11.4 Å². The second kappa shape index (κ2) is 6.61. The summed E-state index contributed by atoms with van der Waals surface area (Å²) in [5, 5.41) is 6.44. The Hall–Kier alpha value is -1.60. The number of hydrogen-bond donors (Lipinski definition) is 2. The van der Waals surface area contributed by atoms with Gasteiger partial charge in [0.1, 0.15) is 0 Å². The summed E-state index contributed by atoms with van der Waals surface area (Å²) in [7, 11) is -3.17. The molecule has 1 amide bonds. The van der Waals surface area contributed by atoms with E-state index in [2.05, 4.69) is 10.6 Å². The van der Waals surface area contributed by atoms with E-state index in [0.717, 1.165) is 6.42 Å². The largest absolute Gasteiger partial charge is 0.325 e. The number of sulfonamides is 1. The van der Waals surface area contributed by atoms with Gasteiger partial charge < -0.3 is 10.6 Å². The Kier molecular flexibility index (Phi) is 4.45. The second-order valence-corrected chi connectivity index (χ2v) is 9.40. The minimum Gasteiger partial charge on any atom is -0.325 e. The highest BCUT2D eigenvalue weighted by Gasteiger charge is 2.38. The Morgan fingerprint density at radius 2 is 1.88 bits per heavy atom. The first-order chi connectivity index (χ1) is 12.0. The number of carbonyl (C=O) groups excluding carboxylic acids is 1. The molecule has 1 saturated carbocycles. The molecular weight excluding hydrogens is 338 g/mol. The lowest BCUT2D eigenvalue weighted by molar-refractivity contribution is -0.117. The highest BCUT2D eigenvalue weighted by molar-refractivity contribution is 7.93. The number of nitrogens with zero attached hydrogens (tertiary/aromatic N) is 1. The van der Waals surface area contributed by atoms with E-state index in [4.69, 9.17) is 0 Å². The summed E-state index contributed by atoms with van der Waals surface area (Å²) in [6, 6.07) is 7.46. The molecule has 25 heavy (non-hydrogen) atoms. The van der Waals surface area contributed by atoms with Crippen LogP contribution in [0.25, 0.3) is 0 Å². The van der Waals surface area contributed by atoms with Gasteiger partial charge in [0.2, 0.25) is 15.9 Å². The standard InChI is InChI=1S/C18H25N3O3S/c22-18(17-12-13-4-1-2-5-16(13)20-17)19-14-6-8-15(9-7-14)21-10-3-11-25(21,23)24/h6-9,13,16-17,20H,1-5,10-12H2,(H,19,22). The van der Waals surface area contributed by atoms with Crippen molar-refractivity contribution in [2.45, 2.75) is 50.6 Å². The highest BCUT2D eigenvalue weighted by atomic mass is 32.2. The summed E-state index contributed by atoms with van der Waals surface area (Å²) >= 11 is 0. The van der Waals surface area contributed by atoms with Crippen LogP contribution in [0.5, 0.6) is 0 Å². The molecule has 0 aromatic heterocycles. The SMILES string of the molecule is O=C(Nc1ccc(N2CCCS2(=O)=O)cc1)C1CC2CCCCC2N1. The van der Waals surface area contributed by atoms with Gasteiger partial charge >= 0.3 is 0 Å². The van der Waals surface area contributed by atoms with Gasteiger partial charge in [-0.15, -0.1) is 0 Å². The molecule has 0 spiro atoms. The van der Waals surface area contributed by atoms with E-state index < -0.39 is 10.0 Å². The monoisotopic (exact) mass is 363 g/mol. The molecule has 1 aromatic rings. The lowest BCUT2D eigenvalue weighted by atomic mass is 9.85. The summed E-state index contributed by atoms with van der Waals surface area (Å²) in [6.45, 7) is 0.531. The Morgan fingerprint density at radius 1 is 1.12 bits per heavy atom. The third-order valence-corrected chi connectivity index (χ3v) is 7.57. The minimum atomic E-state index is -3.17. The summed E-state index contributed by atoms with van der Waals surface area (Å²) < 4.78 is 25.4. The van der Waals surface area contributed by atoms with Gasteiger partial charge in [-0.3, -0.25) is 9.10 Å². The topological polar surface area (TPSA) is 78.5 Å². The van der Waals surface area contributed by atoms with E-state index in [1.54, 1.807) is 24.3 Å². The highest BCUT2D eigenvalue weighted by Crippen LogP contribution is 2.33. The Bertz CT molecular complexity index is 733. The van der Waals surface area contributed by atoms with Crippen molar-refractivity contribution in [2.75, 3.05) is 21.9 Å². The van der Waals surface area contributed by atoms with Gasteiger partial charge in [0, 0.05) is 18.3 Å². The van der Waals surface area contributed by atoms with Crippen LogP contribution in [0.3, 0.4) is 0 Å². The average Bonchev–Trinajstić information content (AvgIpc) is 3.18. The number of fused-ring (bicyclic) bond motifs is 1. The van der Waals surface area contributed by atoms with Gasteiger partial charge in [0.05, 0.1) is 17.5 Å². The summed E-state index contributed by atoms with van der Waals surface area (Å²) in [4.78, 5) is 12.5. The zero-order valence-electron chi connectivity index (χ0n) is 14.3. The molecule has 2 heterocycles. The molecule has 136 valence electrons. The minimum absolute atomic E-state index is 0.0101. The van der Waals surface area contributed by atoms with E-state index in [-0.39, 0.29) is 17.7 Å². The first-order valence-electron chi connectivity index (χ1n) is 9.20. The number of hydrogen-bond acceptors (Lipinski definition) is 4. The van der Waals surface area contributed by atoms with Crippen LogP contribution in [0.2, 0.25) is 0 Å². The molecule has 7 heteroatoms. The van der Waals surface area contributed by atoms with Crippen molar-refractivity contribution < 1.29 is 13.2 Å². The summed E-state index contributed by atoms with van der Waals surface area (Å²) in [6.07, 6.45) is 6.51. The van der Waals surface area contributed by atoms with Crippen LogP contribution in [-0.2, 0) is 14.8 Å². The quantitative estimate of drug-likeness (QED) is 0.862. The Labute approximate surface area is 149 Å². The number of benzene rings is 1. The molecule has 3 atom stereocenters. The third-order valence-electron chi connectivity index (χ3n) is 5.70. The fraction of sp³-hybridized carbons (Fsp3) is 0.611. The number of nitrogens with one attached hydrogen (secondary N) is 2. The smallest absolute Gasteiger partial charge is 0.241 e. The Morgan fingerprint density at radius 3 is 2.56 bits per heavy atom. The maximum absolute atomic E-state index is 12.5. The molecule has 3 aliphatic rings. The van der Waals surface area contributed by atoms with E-state index >= 15 is 0 Å². The van der Waals surface area contributed by atoms with Crippen molar-refractivity contribution in [1.82, 2.24) is 5.32 Å². The van der Waals surface area contributed by atoms with Crippen LogP contribution >= 0.6 is 0 Å². The molecule has 1 aliphatic carbocycles. The van der Waals surface area contributed by atoms with E-state index in [9.17, 15) is 13.2 Å². The van der Waals surface area contributed by atoms with E-state index in [0.29, 0.717) is 36.3 Å². The van der Waals surface area contributed by atoms with Gasteiger partial charge in [-0.05, 0) is 55.9 Å². The molecule has 2 aliphatic heterocycles. The first-order valence-corrected chi connectivity index (χ1v) is 10.8. The number of anilines is 2. The van der Waals surface area contributed by atoms with Crippen LogP contribution < -0.4 is 14.9 Å². The lowest BCUT2D eigenvalue weighted by Gasteiger charge is -2.24. The molecule has 2 saturated heterocycles. The van der Waals surface area contributed by atoms with Crippen molar-refractivity contribution >= 4 is 27.3 Å². The Balaban J connectivity index is 1.39. The molecule has 3 fully saturated rings. The molecule has 1 aromatic carbocycles. The molecule has 2 N–H and O–H groups in total. The average molecular weight is 363 g/mol. The van der Waals surface area contributed by atoms with E-state index in [1.165, 1.54) is 30.0 Å². The number of rotatable bonds is 3. The van der Waals surface area contributed by atoms with E-state index in [1.807, 2.05) is 0 Å². The fourth-order valence-electron chi connectivity index (χ4n) is 4.39. The van der Waals surface area contributed by atoms with Gasteiger partial charge in [-0.25, -0.2) is 8.42 Å². The lowest BCUT2D eigenvalue weighted by Crippen LogP contribution is -2.39. The molecule has 4 rings (SSSR count). The maximum atomic E-state index is 12.5. The molecule has 0 radical (unpaired) electrons. The van der Waals surface area contributed by atoms with Crippen molar-refractivity contribution in [1.29, 1.82) is 0 Å². The zero-order chi connectivity index (χ0) is 17.4. The van der Waals surface area contributed by atoms with Crippen LogP contribution in [-0.4, -0.2) is 38.7 Å². The maximum Gasteiger partial charge on any atom is 0.241 e. The predicted octanol–water partition coefficient (Wildman–Crippen LogP) is 2.09. The van der Waals surface area contributed by atoms with Crippen molar-refractivity contribution in [2.24, 2.45) is 5.92 Å². The fourth-order valence-corrected chi connectivity index (χ4v) is 5.96. The number of carbonyl (C=O) groups is 1. The molecular formula is C18H25N3O3S. The van der Waals surface area contributed by atoms with Gasteiger partial charge in [0.25, 0.3) is 0 Å².